The summed E-state index contributed by atoms with van der Waals surface area (Å²) in [4.78, 5) is 24.5. The second kappa shape index (κ2) is 9.46. The quantitative estimate of drug-likeness (QED) is 0.473. The van der Waals surface area contributed by atoms with Crippen LogP contribution in [0.5, 0.6) is 0 Å². The number of para-hydroxylation sites is 1. The first kappa shape index (κ1) is 20.0. The second-order valence-electron chi connectivity index (χ2n) is 6.36. The average molecular weight is 389 g/mol. The number of ether oxygens (including phenoxy) is 1. The van der Waals surface area contributed by atoms with Gasteiger partial charge in [0.15, 0.2) is 6.10 Å². The van der Waals surface area contributed by atoms with Crippen LogP contribution in [0.2, 0.25) is 0 Å². The van der Waals surface area contributed by atoms with Crippen LogP contribution >= 0.6 is 0 Å². The van der Waals surface area contributed by atoms with E-state index in [1.54, 1.807) is 6.07 Å². The zero-order chi connectivity index (χ0) is 20.6. The summed E-state index contributed by atoms with van der Waals surface area (Å²) in [6.07, 6.45) is 1.72. The minimum atomic E-state index is -0.982. The maximum atomic E-state index is 12.9. The lowest BCUT2D eigenvalue weighted by Gasteiger charge is -2.15. The lowest BCUT2D eigenvalue weighted by molar-refractivity contribution is -0.148. The minimum Gasteiger partial charge on any atom is -0.449 e. The number of halogens is 1. The lowest BCUT2D eigenvalue weighted by atomic mass is 10.0. The molecule has 0 aliphatic carbocycles. The Morgan fingerprint density at radius 2 is 1.59 bits per heavy atom. The molecule has 0 heterocycles. The van der Waals surface area contributed by atoms with Gasteiger partial charge < -0.3 is 10.1 Å². The fourth-order valence-corrected chi connectivity index (χ4v) is 2.70. The summed E-state index contributed by atoms with van der Waals surface area (Å²) in [5.41, 5.74) is 3.12. The number of hydrogen-bond acceptors (Lipinski definition) is 3. The second-order valence-corrected chi connectivity index (χ2v) is 6.36. The van der Waals surface area contributed by atoms with E-state index in [-0.39, 0.29) is 5.82 Å². The summed E-state index contributed by atoms with van der Waals surface area (Å²) in [5, 5.41) is 2.81. The predicted molar refractivity (Wildman–Crippen MR) is 111 cm³/mol. The van der Waals surface area contributed by atoms with Crippen LogP contribution in [0, 0.1) is 5.82 Å². The smallest absolute Gasteiger partial charge is 0.331 e. The molecule has 29 heavy (non-hydrogen) atoms. The minimum absolute atomic E-state index is 0.356. The zero-order valence-electron chi connectivity index (χ0n) is 15.8. The first-order chi connectivity index (χ1) is 14.0. The Balaban J connectivity index is 1.62. The van der Waals surface area contributed by atoms with Crippen molar-refractivity contribution in [2.45, 2.75) is 13.0 Å². The molecule has 1 unspecified atom stereocenters. The molecule has 0 saturated heterocycles. The molecule has 1 N–H and O–H groups in total. The molecular formula is C24H20FNO3. The topological polar surface area (TPSA) is 55.4 Å². The molecular weight excluding hydrogens is 369 g/mol. The van der Waals surface area contributed by atoms with Crippen molar-refractivity contribution in [3.63, 3.8) is 0 Å². The fraction of sp³-hybridized carbons (Fsp3) is 0.0833. The maximum absolute atomic E-state index is 12.9. The largest absolute Gasteiger partial charge is 0.449 e. The van der Waals surface area contributed by atoms with Crippen molar-refractivity contribution < 1.29 is 18.7 Å². The Morgan fingerprint density at radius 1 is 0.931 bits per heavy atom. The summed E-state index contributed by atoms with van der Waals surface area (Å²) < 4.78 is 18.1. The van der Waals surface area contributed by atoms with Crippen LogP contribution in [0.25, 0.3) is 17.2 Å². The molecule has 0 spiro atoms. The van der Waals surface area contributed by atoms with E-state index >= 15 is 0 Å². The third-order valence-electron chi connectivity index (χ3n) is 4.21. The Hall–Kier alpha value is -3.73. The third-order valence-corrected chi connectivity index (χ3v) is 4.21. The Bertz CT molecular complexity index is 1010. The Morgan fingerprint density at radius 3 is 2.31 bits per heavy atom. The molecule has 0 radical (unpaired) electrons. The SMILES string of the molecule is CC(OC(=O)/C=C/c1ccc(F)cc1)C(=O)Nc1ccccc1-c1ccccc1. The van der Waals surface area contributed by atoms with Crippen molar-refractivity contribution in [3.8, 4) is 11.1 Å². The van der Waals surface area contributed by atoms with Gasteiger partial charge in [0.2, 0.25) is 0 Å². The zero-order valence-corrected chi connectivity index (χ0v) is 15.8. The van der Waals surface area contributed by atoms with E-state index in [4.69, 9.17) is 4.74 Å². The molecule has 3 rings (SSSR count). The van der Waals surface area contributed by atoms with Crippen molar-refractivity contribution in [1.82, 2.24) is 0 Å². The number of nitrogens with one attached hydrogen (secondary N) is 1. The lowest BCUT2D eigenvalue weighted by Crippen LogP contribution is -2.29. The van der Waals surface area contributed by atoms with Crippen LogP contribution in [0.1, 0.15) is 12.5 Å². The van der Waals surface area contributed by atoms with Crippen LogP contribution in [0.4, 0.5) is 10.1 Å². The van der Waals surface area contributed by atoms with Gasteiger partial charge in [-0.2, -0.15) is 0 Å². The molecule has 0 aromatic heterocycles. The number of hydrogen-bond donors (Lipinski definition) is 1. The molecule has 5 heteroatoms. The van der Waals surface area contributed by atoms with E-state index in [1.807, 2.05) is 48.5 Å². The monoisotopic (exact) mass is 389 g/mol. The van der Waals surface area contributed by atoms with Gasteiger partial charge in [0, 0.05) is 17.3 Å². The highest BCUT2D eigenvalue weighted by atomic mass is 19.1. The van der Waals surface area contributed by atoms with E-state index < -0.39 is 18.0 Å². The van der Waals surface area contributed by atoms with Crippen LogP contribution in [-0.2, 0) is 14.3 Å². The van der Waals surface area contributed by atoms with Crippen LogP contribution < -0.4 is 5.32 Å². The molecule has 0 fully saturated rings. The van der Waals surface area contributed by atoms with Gasteiger partial charge in [0.1, 0.15) is 5.82 Å². The van der Waals surface area contributed by atoms with E-state index in [0.29, 0.717) is 11.3 Å². The van der Waals surface area contributed by atoms with Crippen LogP contribution in [0.3, 0.4) is 0 Å². The van der Waals surface area contributed by atoms with Gasteiger partial charge >= 0.3 is 5.97 Å². The first-order valence-electron chi connectivity index (χ1n) is 9.12. The molecule has 1 atom stereocenters. The number of rotatable bonds is 6. The highest BCUT2D eigenvalue weighted by Crippen LogP contribution is 2.27. The molecule has 3 aromatic rings. The van der Waals surface area contributed by atoms with Gasteiger partial charge in [-0.3, -0.25) is 4.79 Å². The summed E-state index contributed by atoms with van der Waals surface area (Å²) >= 11 is 0. The number of carbonyl (C=O) groups excluding carboxylic acids is 2. The van der Waals surface area contributed by atoms with Gasteiger partial charge in [-0.15, -0.1) is 0 Å². The summed E-state index contributed by atoms with van der Waals surface area (Å²) in [5.74, 6) is -1.45. The number of esters is 1. The standard InChI is InChI=1S/C24H20FNO3/c1-17(29-23(27)16-13-18-11-14-20(25)15-12-18)24(28)26-22-10-6-5-9-21(22)19-7-3-2-4-8-19/h2-17H,1H3,(H,26,28)/b16-13+. The molecule has 1 amide bonds. The van der Waals surface area contributed by atoms with Crippen molar-refractivity contribution in [3.05, 3.63) is 96.3 Å². The average Bonchev–Trinajstić information content (AvgIpc) is 2.74. The molecule has 4 nitrogen and oxygen atoms in total. The Labute approximate surface area is 168 Å². The number of benzene rings is 3. The predicted octanol–water partition coefficient (Wildman–Crippen LogP) is 5.08. The van der Waals surface area contributed by atoms with E-state index in [0.717, 1.165) is 11.1 Å². The molecule has 0 aliphatic rings. The molecule has 0 bridgehead atoms. The van der Waals surface area contributed by atoms with E-state index in [9.17, 15) is 14.0 Å². The van der Waals surface area contributed by atoms with Crippen LogP contribution in [-0.4, -0.2) is 18.0 Å². The Kier molecular flexibility index (Phi) is 6.53. The number of carbonyl (C=O) groups is 2. The number of amides is 1. The van der Waals surface area contributed by atoms with Gasteiger partial charge in [0.05, 0.1) is 0 Å². The molecule has 3 aromatic carbocycles. The molecule has 0 saturated carbocycles. The van der Waals surface area contributed by atoms with Gasteiger partial charge in [-0.1, -0.05) is 60.7 Å². The van der Waals surface area contributed by atoms with E-state index in [1.165, 1.54) is 43.3 Å². The van der Waals surface area contributed by atoms with Crippen molar-refractivity contribution >= 4 is 23.6 Å². The van der Waals surface area contributed by atoms with Gasteiger partial charge in [0.25, 0.3) is 5.91 Å². The van der Waals surface area contributed by atoms with Gasteiger partial charge in [-0.05, 0) is 42.3 Å². The highest BCUT2D eigenvalue weighted by Gasteiger charge is 2.18. The van der Waals surface area contributed by atoms with E-state index in [2.05, 4.69) is 5.32 Å². The molecule has 146 valence electrons. The normalized spacial score (nSPS) is 11.8. The van der Waals surface area contributed by atoms with Crippen LogP contribution in [0.15, 0.2) is 84.9 Å². The number of anilines is 1. The summed E-state index contributed by atoms with van der Waals surface area (Å²) in [6, 6.07) is 22.8. The van der Waals surface area contributed by atoms with Gasteiger partial charge in [-0.25, -0.2) is 9.18 Å². The maximum Gasteiger partial charge on any atom is 0.331 e. The highest BCUT2D eigenvalue weighted by molar-refractivity contribution is 5.99. The fourth-order valence-electron chi connectivity index (χ4n) is 2.70. The third kappa shape index (κ3) is 5.62. The van der Waals surface area contributed by atoms with Crippen molar-refractivity contribution in [2.24, 2.45) is 0 Å². The summed E-state index contributed by atoms with van der Waals surface area (Å²) in [6.45, 7) is 1.50. The van der Waals surface area contributed by atoms with Crippen molar-refractivity contribution in [1.29, 1.82) is 0 Å². The first-order valence-corrected chi connectivity index (χ1v) is 9.12. The molecule has 0 aliphatic heterocycles. The summed E-state index contributed by atoms with van der Waals surface area (Å²) in [7, 11) is 0. The van der Waals surface area contributed by atoms with Crippen molar-refractivity contribution in [2.75, 3.05) is 5.32 Å².